The highest BCUT2D eigenvalue weighted by molar-refractivity contribution is 7.99. The second-order valence-corrected chi connectivity index (χ2v) is 7.99. The van der Waals surface area contributed by atoms with Crippen LogP contribution >= 0.6 is 11.8 Å². The first-order valence-corrected chi connectivity index (χ1v) is 10.2. The number of rotatable bonds is 4. The molecular weight excluding hydrogens is 369 g/mol. The molecule has 1 aromatic carbocycles. The number of carboxylic acids is 1. The zero-order chi connectivity index (χ0) is 19.0. The Labute approximate surface area is 160 Å². The molecule has 1 aliphatic heterocycles. The van der Waals surface area contributed by atoms with Crippen molar-refractivity contribution in [1.82, 2.24) is 14.7 Å². The van der Waals surface area contributed by atoms with Crippen LogP contribution in [-0.4, -0.2) is 55.8 Å². The number of halogens is 1. The fourth-order valence-electron chi connectivity index (χ4n) is 3.86. The summed E-state index contributed by atoms with van der Waals surface area (Å²) in [7, 11) is 0. The van der Waals surface area contributed by atoms with E-state index in [2.05, 4.69) is 5.10 Å². The summed E-state index contributed by atoms with van der Waals surface area (Å²) >= 11 is 1.67. The molecule has 6 nitrogen and oxygen atoms in total. The van der Waals surface area contributed by atoms with Gasteiger partial charge in [-0.1, -0.05) is 6.07 Å². The molecule has 1 aromatic heterocycles. The monoisotopic (exact) mass is 389 g/mol. The molecule has 27 heavy (non-hydrogen) atoms. The Morgan fingerprint density at radius 1 is 1.33 bits per heavy atom. The number of hydrogen-bond donors (Lipinski definition) is 1. The summed E-state index contributed by atoms with van der Waals surface area (Å²) in [6.07, 6.45) is 2.42. The van der Waals surface area contributed by atoms with E-state index in [-0.39, 0.29) is 24.2 Å². The molecule has 0 spiro atoms. The van der Waals surface area contributed by atoms with Crippen molar-refractivity contribution in [3.05, 3.63) is 47.0 Å². The van der Waals surface area contributed by atoms with E-state index in [0.29, 0.717) is 23.7 Å². The van der Waals surface area contributed by atoms with Gasteiger partial charge in [-0.25, -0.2) is 9.07 Å². The minimum Gasteiger partial charge on any atom is -0.481 e. The first-order chi connectivity index (χ1) is 13.0. The maximum Gasteiger partial charge on any atom is 0.305 e. The fraction of sp³-hybridized carbons (Fsp3) is 0.421. The van der Waals surface area contributed by atoms with Gasteiger partial charge in [0.1, 0.15) is 5.82 Å². The van der Waals surface area contributed by atoms with Crippen LogP contribution in [0.4, 0.5) is 4.39 Å². The van der Waals surface area contributed by atoms with Gasteiger partial charge in [-0.15, -0.1) is 0 Å². The topological polar surface area (TPSA) is 75.4 Å². The highest BCUT2D eigenvalue weighted by Crippen LogP contribution is 2.30. The van der Waals surface area contributed by atoms with Crippen LogP contribution in [0.2, 0.25) is 0 Å². The third kappa shape index (κ3) is 3.45. The van der Waals surface area contributed by atoms with Crippen molar-refractivity contribution in [3.8, 4) is 5.69 Å². The molecule has 1 fully saturated rings. The molecule has 142 valence electrons. The Hall–Kier alpha value is -2.35. The normalized spacial score (nSPS) is 19.1. The lowest BCUT2D eigenvalue weighted by molar-refractivity contribution is -0.138. The van der Waals surface area contributed by atoms with Gasteiger partial charge >= 0.3 is 5.97 Å². The quantitative estimate of drug-likeness (QED) is 0.870. The molecule has 1 aliphatic carbocycles. The predicted molar refractivity (Wildman–Crippen MR) is 99.9 cm³/mol. The van der Waals surface area contributed by atoms with Gasteiger partial charge < -0.3 is 10.0 Å². The third-order valence-electron chi connectivity index (χ3n) is 5.08. The number of nitrogens with zero attached hydrogens (tertiary/aromatic N) is 3. The Bertz CT molecular complexity index is 898. The number of carbonyl (C=O) groups is 2. The van der Waals surface area contributed by atoms with Crippen molar-refractivity contribution in [2.24, 2.45) is 0 Å². The highest BCUT2D eigenvalue weighted by atomic mass is 32.2. The number of carboxylic acid groups (broad SMARTS) is 1. The lowest BCUT2D eigenvalue weighted by Crippen LogP contribution is -2.47. The van der Waals surface area contributed by atoms with Crippen LogP contribution in [0.15, 0.2) is 24.3 Å². The number of carbonyl (C=O) groups excluding carboxylic acids is 1. The van der Waals surface area contributed by atoms with E-state index < -0.39 is 5.97 Å². The smallest absolute Gasteiger partial charge is 0.305 e. The van der Waals surface area contributed by atoms with Crippen molar-refractivity contribution in [2.45, 2.75) is 31.7 Å². The standard InChI is InChI=1S/C19H20FN3O3S/c20-12-3-1-4-13(9-12)23-16-6-2-5-15(16)18(21-23)19(26)22-7-8-27-11-14(22)10-17(24)25/h1,3-4,9,14H,2,5-8,10-11H2,(H,24,25). The minimum atomic E-state index is -0.907. The van der Waals surface area contributed by atoms with Crippen molar-refractivity contribution >= 4 is 23.6 Å². The average molecular weight is 389 g/mol. The predicted octanol–water partition coefficient (Wildman–Crippen LogP) is 2.53. The minimum absolute atomic E-state index is 0.0640. The number of thioether (sulfide) groups is 1. The molecule has 0 bridgehead atoms. The van der Waals surface area contributed by atoms with Crippen LogP contribution in [0.3, 0.4) is 0 Å². The van der Waals surface area contributed by atoms with E-state index in [9.17, 15) is 14.0 Å². The summed E-state index contributed by atoms with van der Waals surface area (Å²) in [6, 6.07) is 5.85. The van der Waals surface area contributed by atoms with Crippen LogP contribution in [0.25, 0.3) is 5.69 Å². The van der Waals surface area contributed by atoms with Crippen molar-refractivity contribution < 1.29 is 19.1 Å². The number of amides is 1. The van der Waals surface area contributed by atoms with Crippen LogP contribution in [0.5, 0.6) is 0 Å². The molecule has 0 saturated carbocycles. The summed E-state index contributed by atoms with van der Waals surface area (Å²) in [5, 5.41) is 13.7. The molecule has 0 radical (unpaired) electrons. The Morgan fingerprint density at radius 2 is 2.19 bits per heavy atom. The highest BCUT2D eigenvalue weighted by Gasteiger charge is 2.34. The van der Waals surface area contributed by atoms with Gasteiger partial charge in [-0.3, -0.25) is 9.59 Å². The lowest BCUT2D eigenvalue weighted by Gasteiger charge is -2.34. The van der Waals surface area contributed by atoms with Gasteiger partial charge in [-0.05, 0) is 37.5 Å². The molecule has 1 saturated heterocycles. The van der Waals surface area contributed by atoms with Crippen LogP contribution in [0.1, 0.15) is 34.6 Å². The van der Waals surface area contributed by atoms with Crippen molar-refractivity contribution in [3.63, 3.8) is 0 Å². The lowest BCUT2D eigenvalue weighted by atomic mass is 10.1. The van der Waals surface area contributed by atoms with Gasteiger partial charge in [0.25, 0.3) is 5.91 Å². The van der Waals surface area contributed by atoms with E-state index in [0.717, 1.165) is 36.3 Å². The molecule has 8 heteroatoms. The number of aliphatic carboxylic acids is 1. The van der Waals surface area contributed by atoms with Gasteiger partial charge in [0, 0.05) is 29.3 Å². The van der Waals surface area contributed by atoms with E-state index in [1.165, 1.54) is 12.1 Å². The number of fused-ring (bicyclic) bond motifs is 1. The average Bonchev–Trinajstić information content (AvgIpc) is 3.23. The number of hydrogen-bond acceptors (Lipinski definition) is 4. The van der Waals surface area contributed by atoms with Gasteiger partial charge in [0.15, 0.2) is 5.69 Å². The summed E-state index contributed by atoms with van der Waals surface area (Å²) in [5.74, 6) is -0.0673. The maximum absolute atomic E-state index is 13.7. The second kappa shape index (κ2) is 7.34. The van der Waals surface area contributed by atoms with E-state index >= 15 is 0 Å². The van der Waals surface area contributed by atoms with E-state index in [1.54, 1.807) is 33.5 Å². The first-order valence-electron chi connectivity index (χ1n) is 9.02. The van der Waals surface area contributed by atoms with Crippen molar-refractivity contribution in [2.75, 3.05) is 18.1 Å². The molecule has 2 aliphatic rings. The number of aromatic nitrogens is 2. The SMILES string of the molecule is O=C(O)CC1CSCCN1C(=O)c1nn(-c2cccc(F)c2)c2c1CCC2. The Kier molecular flexibility index (Phi) is 4.90. The summed E-state index contributed by atoms with van der Waals surface area (Å²) in [5.41, 5.74) is 2.85. The third-order valence-corrected chi connectivity index (χ3v) is 6.18. The van der Waals surface area contributed by atoms with Crippen LogP contribution in [-0.2, 0) is 17.6 Å². The van der Waals surface area contributed by atoms with Crippen LogP contribution < -0.4 is 0 Å². The molecule has 2 aromatic rings. The summed E-state index contributed by atoms with van der Waals surface area (Å²) in [6.45, 7) is 0.517. The molecule has 2 heterocycles. The fourth-order valence-corrected chi connectivity index (χ4v) is 4.92. The zero-order valence-corrected chi connectivity index (χ0v) is 15.5. The van der Waals surface area contributed by atoms with Gasteiger partial charge in [0.2, 0.25) is 0 Å². The molecule has 1 N–H and O–H groups in total. The largest absolute Gasteiger partial charge is 0.481 e. The van der Waals surface area contributed by atoms with Crippen LogP contribution in [0, 0.1) is 5.82 Å². The van der Waals surface area contributed by atoms with Crippen molar-refractivity contribution in [1.29, 1.82) is 0 Å². The second-order valence-electron chi connectivity index (χ2n) is 6.84. The summed E-state index contributed by atoms with van der Waals surface area (Å²) in [4.78, 5) is 26.1. The Balaban J connectivity index is 1.70. The van der Waals surface area contributed by atoms with E-state index in [1.807, 2.05) is 0 Å². The molecule has 1 amide bonds. The molecule has 4 rings (SSSR count). The van der Waals surface area contributed by atoms with Gasteiger partial charge in [0.05, 0.1) is 18.2 Å². The number of benzene rings is 1. The molecular formula is C19H20FN3O3S. The molecule has 1 unspecified atom stereocenters. The first kappa shape index (κ1) is 18.0. The van der Waals surface area contributed by atoms with Gasteiger partial charge in [-0.2, -0.15) is 16.9 Å². The maximum atomic E-state index is 13.7. The Morgan fingerprint density at radius 3 is 2.96 bits per heavy atom. The summed E-state index contributed by atoms with van der Waals surface area (Å²) < 4.78 is 15.3. The molecule has 1 atom stereocenters. The zero-order valence-electron chi connectivity index (χ0n) is 14.7. The van der Waals surface area contributed by atoms with E-state index in [4.69, 9.17) is 5.11 Å².